The summed E-state index contributed by atoms with van der Waals surface area (Å²) in [5, 5.41) is 2.61. The SMILES string of the molecule is COc1ccc(C=CC(=O)Nc2ccc(F)cc2)cc1S(=O)(=O)N1CCCCC1. The lowest BCUT2D eigenvalue weighted by Crippen LogP contribution is -2.35. The fourth-order valence-electron chi connectivity index (χ4n) is 3.13. The predicted molar refractivity (Wildman–Crippen MR) is 110 cm³/mol. The van der Waals surface area contributed by atoms with Crippen LogP contribution >= 0.6 is 0 Å². The van der Waals surface area contributed by atoms with Gasteiger partial charge in [0.2, 0.25) is 15.9 Å². The molecule has 0 saturated carbocycles. The Morgan fingerprint density at radius 3 is 2.45 bits per heavy atom. The molecule has 3 rings (SSSR count). The summed E-state index contributed by atoms with van der Waals surface area (Å²) in [6, 6.07) is 10.2. The molecule has 29 heavy (non-hydrogen) atoms. The van der Waals surface area contributed by atoms with Crippen molar-refractivity contribution in [2.75, 3.05) is 25.5 Å². The molecule has 0 radical (unpaired) electrons. The Labute approximate surface area is 170 Å². The number of rotatable bonds is 6. The molecule has 1 aliphatic rings. The van der Waals surface area contributed by atoms with Gasteiger partial charge >= 0.3 is 0 Å². The van der Waals surface area contributed by atoms with Gasteiger partial charge in [-0.3, -0.25) is 4.79 Å². The molecular formula is C21H23FN2O4S. The summed E-state index contributed by atoms with van der Waals surface area (Å²) in [4.78, 5) is 12.2. The number of carbonyl (C=O) groups is 1. The number of hydrogen-bond donors (Lipinski definition) is 1. The summed E-state index contributed by atoms with van der Waals surface area (Å²) in [6.07, 6.45) is 5.51. The van der Waals surface area contributed by atoms with Crippen molar-refractivity contribution < 1.29 is 22.3 Å². The number of halogens is 1. The molecule has 1 saturated heterocycles. The average molecular weight is 418 g/mol. The monoisotopic (exact) mass is 418 g/mol. The van der Waals surface area contributed by atoms with E-state index >= 15 is 0 Å². The Bertz CT molecular complexity index is 998. The van der Waals surface area contributed by atoms with E-state index in [2.05, 4.69) is 5.32 Å². The van der Waals surface area contributed by atoms with Crippen LogP contribution in [0.15, 0.2) is 53.4 Å². The number of amides is 1. The van der Waals surface area contributed by atoms with Gasteiger partial charge in [-0.25, -0.2) is 12.8 Å². The van der Waals surface area contributed by atoms with Crippen LogP contribution in [0.2, 0.25) is 0 Å². The number of nitrogens with one attached hydrogen (secondary N) is 1. The van der Waals surface area contributed by atoms with E-state index in [1.165, 1.54) is 53.9 Å². The molecule has 1 heterocycles. The number of carbonyl (C=O) groups excluding carboxylic acids is 1. The molecule has 8 heteroatoms. The first-order valence-corrected chi connectivity index (χ1v) is 10.8. The number of benzene rings is 2. The van der Waals surface area contributed by atoms with Crippen molar-refractivity contribution in [3.8, 4) is 5.75 Å². The number of sulfonamides is 1. The van der Waals surface area contributed by atoms with Gasteiger partial charge in [-0.15, -0.1) is 0 Å². The summed E-state index contributed by atoms with van der Waals surface area (Å²) < 4.78 is 45.7. The Morgan fingerprint density at radius 2 is 1.79 bits per heavy atom. The molecule has 154 valence electrons. The third kappa shape index (κ3) is 5.21. The van der Waals surface area contributed by atoms with E-state index < -0.39 is 15.9 Å². The van der Waals surface area contributed by atoms with E-state index in [1.54, 1.807) is 12.1 Å². The summed E-state index contributed by atoms with van der Waals surface area (Å²) in [6.45, 7) is 0.983. The van der Waals surface area contributed by atoms with Crippen LogP contribution in [-0.2, 0) is 14.8 Å². The van der Waals surface area contributed by atoms with E-state index in [-0.39, 0.29) is 16.5 Å². The maximum absolute atomic E-state index is 13.0. The zero-order chi connectivity index (χ0) is 20.9. The van der Waals surface area contributed by atoms with Crippen molar-refractivity contribution in [1.82, 2.24) is 4.31 Å². The number of nitrogens with zero attached hydrogens (tertiary/aromatic N) is 1. The Kier molecular flexibility index (Phi) is 6.66. The van der Waals surface area contributed by atoms with Gasteiger partial charge in [0.05, 0.1) is 7.11 Å². The quantitative estimate of drug-likeness (QED) is 0.727. The van der Waals surface area contributed by atoms with Gasteiger partial charge < -0.3 is 10.1 Å². The third-order valence-corrected chi connectivity index (χ3v) is 6.58. The molecule has 1 fully saturated rings. The largest absolute Gasteiger partial charge is 0.495 e. The van der Waals surface area contributed by atoms with Gasteiger partial charge in [0.1, 0.15) is 16.5 Å². The summed E-state index contributed by atoms with van der Waals surface area (Å²) in [5.74, 6) is -0.532. The highest BCUT2D eigenvalue weighted by atomic mass is 32.2. The first-order valence-electron chi connectivity index (χ1n) is 9.33. The second-order valence-electron chi connectivity index (χ2n) is 6.70. The van der Waals surface area contributed by atoms with E-state index in [0.717, 1.165) is 19.3 Å². The van der Waals surface area contributed by atoms with Crippen molar-refractivity contribution in [1.29, 1.82) is 0 Å². The maximum Gasteiger partial charge on any atom is 0.248 e. The minimum absolute atomic E-state index is 0.0861. The van der Waals surface area contributed by atoms with Gasteiger partial charge in [0, 0.05) is 24.9 Å². The molecule has 0 aromatic heterocycles. The fourth-order valence-corrected chi connectivity index (χ4v) is 4.84. The molecule has 6 nitrogen and oxygen atoms in total. The van der Waals surface area contributed by atoms with E-state index in [4.69, 9.17) is 4.74 Å². The second-order valence-corrected chi connectivity index (χ2v) is 8.61. The van der Waals surface area contributed by atoms with Crippen molar-refractivity contribution in [3.05, 3.63) is 59.9 Å². The highest BCUT2D eigenvalue weighted by Gasteiger charge is 2.28. The molecule has 1 aliphatic heterocycles. The van der Waals surface area contributed by atoms with Crippen LogP contribution in [0.25, 0.3) is 6.08 Å². The number of hydrogen-bond acceptors (Lipinski definition) is 4. The molecule has 1 N–H and O–H groups in total. The summed E-state index contributed by atoms with van der Waals surface area (Å²) >= 11 is 0. The second kappa shape index (κ2) is 9.19. The van der Waals surface area contributed by atoms with Gasteiger partial charge in [0.15, 0.2) is 0 Å². The topological polar surface area (TPSA) is 75.7 Å². The smallest absolute Gasteiger partial charge is 0.248 e. The van der Waals surface area contributed by atoms with Crippen LogP contribution < -0.4 is 10.1 Å². The lowest BCUT2D eigenvalue weighted by molar-refractivity contribution is -0.111. The van der Waals surface area contributed by atoms with Crippen LogP contribution in [0.1, 0.15) is 24.8 Å². The van der Waals surface area contributed by atoms with Crippen molar-refractivity contribution in [3.63, 3.8) is 0 Å². The zero-order valence-electron chi connectivity index (χ0n) is 16.1. The molecule has 1 amide bonds. The van der Waals surface area contributed by atoms with Gasteiger partial charge in [0.25, 0.3) is 0 Å². The standard InChI is InChI=1S/C21H23FN2O4S/c1-28-19-11-5-16(6-12-21(25)23-18-9-7-17(22)8-10-18)15-20(19)29(26,27)24-13-3-2-4-14-24/h5-12,15H,2-4,13-14H2,1H3,(H,23,25). The number of anilines is 1. The van der Waals surface area contributed by atoms with Crippen molar-refractivity contribution in [2.24, 2.45) is 0 Å². The first kappa shape index (κ1) is 21.0. The molecule has 2 aromatic rings. The zero-order valence-corrected chi connectivity index (χ0v) is 16.9. The van der Waals surface area contributed by atoms with E-state index in [0.29, 0.717) is 24.3 Å². The highest BCUT2D eigenvalue weighted by molar-refractivity contribution is 7.89. The lowest BCUT2D eigenvalue weighted by Gasteiger charge is -2.26. The van der Waals surface area contributed by atoms with Crippen LogP contribution in [0.4, 0.5) is 10.1 Å². The first-order chi connectivity index (χ1) is 13.9. The van der Waals surface area contributed by atoms with Crippen molar-refractivity contribution >= 4 is 27.7 Å². The predicted octanol–water partition coefficient (Wildman–Crippen LogP) is 3.66. The fraction of sp³-hybridized carbons (Fsp3) is 0.286. The molecule has 0 unspecified atom stereocenters. The Hall–Kier alpha value is -2.71. The number of piperidine rings is 1. The van der Waals surface area contributed by atoms with E-state index in [9.17, 15) is 17.6 Å². The van der Waals surface area contributed by atoms with Gasteiger partial charge in [-0.2, -0.15) is 4.31 Å². The normalized spacial score (nSPS) is 15.4. The Balaban J connectivity index is 1.79. The minimum Gasteiger partial charge on any atom is -0.495 e. The van der Waals surface area contributed by atoms with Gasteiger partial charge in [-0.05, 0) is 60.9 Å². The molecular weight excluding hydrogens is 395 g/mol. The number of ether oxygens (including phenoxy) is 1. The molecule has 2 aromatic carbocycles. The van der Waals surface area contributed by atoms with Crippen LogP contribution in [0, 0.1) is 5.82 Å². The lowest BCUT2D eigenvalue weighted by atomic mass is 10.2. The van der Waals surface area contributed by atoms with Crippen LogP contribution in [-0.4, -0.2) is 38.8 Å². The minimum atomic E-state index is -3.68. The molecule has 0 spiro atoms. The van der Waals surface area contributed by atoms with Crippen LogP contribution in [0.3, 0.4) is 0 Å². The van der Waals surface area contributed by atoms with Crippen LogP contribution in [0.5, 0.6) is 5.75 Å². The molecule has 0 aliphatic carbocycles. The van der Waals surface area contributed by atoms with Gasteiger partial charge in [-0.1, -0.05) is 12.5 Å². The van der Waals surface area contributed by atoms with E-state index in [1.807, 2.05) is 0 Å². The summed E-state index contributed by atoms with van der Waals surface area (Å²) in [7, 11) is -2.25. The average Bonchev–Trinajstić information content (AvgIpc) is 2.74. The third-order valence-electron chi connectivity index (χ3n) is 4.66. The summed E-state index contributed by atoms with van der Waals surface area (Å²) in [5.41, 5.74) is 1.01. The van der Waals surface area contributed by atoms with Crippen molar-refractivity contribution in [2.45, 2.75) is 24.2 Å². The Morgan fingerprint density at radius 1 is 1.10 bits per heavy atom. The molecule has 0 atom stereocenters. The molecule has 0 bridgehead atoms. The maximum atomic E-state index is 13.0. The highest BCUT2D eigenvalue weighted by Crippen LogP contribution is 2.30. The number of methoxy groups -OCH3 is 1.